The van der Waals surface area contributed by atoms with Gasteiger partial charge >= 0.3 is 5.97 Å². The molecule has 172 valence electrons. The number of carbonyl (C=O) groups excluding carboxylic acids is 2. The molecule has 0 aliphatic carbocycles. The average Bonchev–Trinajstić information content (AvgIpc) is 3.33. The molecule has 1 aromatic heterocycles. The molecule has 1 aliphatic heterocycles. The van der Waals surface area contributed by atoms with E-state index < -0.39 is 0 Å². The third-order valence-electron chi connectivity index (χ3n) is 5.56. The van der Waals surface area contributed by atoms with Gasteiger partial charge < -0.3 is 14.6 Å². The van der Waals surface area contributed by atoms with Crippen LogP contribution in [0.2, 0.25) is 0 Å². The minimum atomic E-state index is -0.375. The monoisotopic (exact) mass is 449 g/mol. The number of benzene rings is 2. The Labute approximate surface area is 192 Å². The SMILES string of the molecule is COC(=O)c1ccc(CNC(=O)CN2CCN(Cc3nc(-c4ccccc4)no3)CC2)cc1. The van der Waals surface area contributed by atoms with Crippen molar-refractivity contribution < 1.29 is 18.8 Å². The number of hydrogen-bond acceptors (Lipinski definition) is 8. The Kier molecular flexibility index (Phi) is 7.43. The molecule has 1 fully saturated rings. The van der Waals surface area contributed by atoms with Gasteiger partial charge in [0.15, 0.2) is 0 Å². The molecule has 1 N–H and O–H groups in total. The Bertz CT molecular complexity index is 1060. The first-order valence-electron chi connectivity index (χ1n) is 10.9. The molecule has 4 rings (SSSR count). The summed E-state index contributed by atoms with van der Waals surface area (Å²) in [6, 6.07) is 16.8. The number of hydrogen-bond donors (Lipinski definition) is 1. The number of rotatable bonds is 8. The Hall–Kier alpha value is -3.56. The number of amides is 1. The minimum Gasteiger partial charge on any atom is -0.465 e. The molecule has 0 bridgehead atoms. The van der Waals surface area contributed by atoms with Gasteiger partial charge in [-0.05, 0) is 17.7 Å². The Morgan fingerprint density at radius 3 is 2.39 bits per heavy atom. The van der Waals surface area contributed by atoms with Crippen molar-refractivity contribution >= 4 is 11.9 Å². The lowest BCUT2D eigenvalue weighted by Crippen LogP contribution is -2.49. The van der Waals surface area contributed by atoms with Crippen LogP contribution in [0.25, 0.3) is 11.4 Å². The maximum Gasteiger partial charge on any atom is 0.337 e. The van der Waals surface area contributed by atoms with Gasteiger partial charge in [-0.1, -0.05) is 47.6 Å². The van der Waals surface area contributed by atoms with Crippen molar-refractivity contribution in [3.05, 3.63) is 71.6 Å². The highest BCUT2D eigenvalue weighted by atomic mass is 16.5. The Morgan fingerprint density at radius 2 is 1.70 bits per heavy atom. The lowest BCUT2D eigenvalue weighted by Gasteiger charge is -2.33. The first-order chi connectivity index (χ1) is 16.1. The molecule has 33 heavy (non-hydrogen) atoms. The lowest BCUT2D eigenvalue weighted by atomic mass is 10.1. The summed E-state index contributed by atoms with van der Waals surface area (Å²) in [6.07, 6.45) is 0. The van der Waals surface area contributed by atoms with Crippen LogP contribution in [-0.4, -0.2) is 71.7 Å². The summed E-state index contributed by atoms with van der Waals surface area (Å²) >= 11 is 0. The number of esters is 1. The minimum absolute atomic E-state index is 0.0232. The zero-order chi connectivity index (χ0) is 23.0. The second kappa shape index (κ2) is 10.8. The molecule has 1 amide bonds. The van der Waals surface area contributed by atoms with Crippen molar-refractivity contribution in [1.82, 2.24) is 25.3 Å². The van der Waals surface area contributed by atoms with Crippen LogP contribution in [0, 0.1) is 0 Å². The van der Waals surface area contributed by atoms with E-state index in [4.69, 9.17) is 4.52 Å². The summed E-state index contributed by atoms with van der Waals surface area (Å²) in [5.41, 5.74) is 2.35. The van der Waals surface area contributed by atoms with Crippen molar-refractivity contribution in [2.75, 3.05) is 39.8 Å². The van der Waals surface area contributed by atoms with Crippen molar-refractivity contribution in [2.24, 2.45) is 0 Å². The number of methoxy groups -OCH3 is 1. The van der Waals surface area contributed by atoms with Crippen LogP contribution >= 0.6 is 0 Å². The predicted molar refractivity (Wildman–Crippen MR) is 121 cm³/mol. The lowest BCUT2D eigenvalue weighted by molar-refractivity contribution is -0.122. The number of carbonyl (C=O) groups is 2. The second-order valence-electron chi connectivity index (χ2n) is 7.90. The van der Waals surface area contributed by atoms with E-state index in [9.17, 15) is 9.59 Å². The van der Waals surface area contributed by atoms with Crippen LogP contribution in [0.1, 0.15) is 21.8 Å². The van der Waals surface area contributed by atoms with Gasteiger partial charge in [0.05, 0.1) is 25.8 Å². The van der Waals surface area contributed by atoms with E-state index in [-0.39, 0.29) is 11.9 Å². The van der Waals surface area contributed by atoms with Gasteiger partial charge in [0.2, 0.25) is 17.6 Å². The fourth-order valence-corrected chi connectivity index (χ4v) is 3.66. The average molecular weight is 450 g/mol. The molecule has 0 saturated carbocycles. The predicted octanol–water partition coefficient (Wildman–Crippen LogP) is 1.96. The summed E-state index contributed by atoms with van der Waals surface area (Å²) in [5, 5.41) is 7.01. The molecule has 0 atom stereocenters. The Morgan fingerprint density at radius 1 is 1.00 bits per heavy atom. The summed E-state index contributed by atoms with van der Waals surface area (Å²) in [7, 11) is 1.35. The maximum atomic E-state index is 12.3. The second-order valence-corrected chi connectivity index (χ2v) is 7.90. The first-order valence-corrected chi connectivity index (χ1v) is 10.9. The standard InChI is InChI=1S/C24H27N5O4/c1-32-24(31)20-9-7-18(8-10-20)15-25-21(30)16-28-11-13-29(14-12-28)17-22-26-23(27-33-22)19-5-3-2-4-6-19/h2-10H,11-17H2,1H3,(H,25,30). The van der Waals surface area contributed by atoms with Crippen molar-refractivity contribution in [3.63, 3.8) is 0 Å². The highest BCUT2D eigenvalue weighted by molar-refractivity contribution is 5.89. The van der Waals surface area contributed by atoms with Gasteiger partial charge in [-0.2, -0.15) is 4.98 Å². The summed E-state index contributed by atoms with van der Waals surface area (Å²) < 4.78 is 10.1. The van der Waals surface area contributed by atoms with Gasteiger partial charge in [0, 0.05) is 38.3 Å². The van der Waals surface area contributed by atoms with Gasteiger partial charge in [0.1, 0.15) is 0 Å². The fourth-order valence-electron chi connectivity index (χ4n) is 3.66. The number of piperazine rings is 1. The van der Waals surface area contributed by atoms with Crippen molar-refractivity contribution in [2.45, 2.75) is 13.1 Å². The normalized spacial score (nSPS) is 14.7. The molecule has 0 radical (unpaired) electrons. The molecule has 1 aliphatic rings. The van der Waals surface area contributed by atoms with Crippen LogP contribution < -0.4 is 5.32 Å². The van der Waals surface area contributed by atoms with E-state index in [2.05, 4.69) is 30.0 Å². The molecule has 9 heteroatoms. The molecule has 3 aromatic rings. The fraction of sp³-hybridized carbons (Fsp3) is 0.333. The zero-order valence-corrected chi connectivity index (χ0v) is 18.6. The van der Waals surface area contributed by atoms with E-state index in [1.807, 2.05) is 42.5 Å². The molecule has 1 saturated heterocycles. The number of ether oxygens (including phenoxy) is 1. The molecule has 0 unspecified atom stereocenters. The third kappa shape index (κ3) is 6.24. The number of nitrogens with zero attached hydrogens (tertiary/aromatic N) is 4. The van der Waals surface area contributed by atoms with Crippen molar-refractivity contribution in [1.29, 1.82) is 0 Å². The highest BCUT2D eigenvalue weighted by Gasteiger charge is 2.21. The van der Waals surface area contributed by atoms with Crippen LogP contribution in [0.3, 0.4) is 0 Å². The van der Waals surface area contributed by atoms with Crippen LogP contribution in [0.15, 0.2) is 59.1 Å². The quantitative estimate of drug-likeness (QED) is 0.521. The molecule has 2 aromatic carbocycles. The van der Waals surface area contributed by atoms with E-state index in [1.54, 1.807) is 12.1 Å². The topological polar surface area (TPSA) is 101 Å². The first kappa shape index (κ1) is 22.6. The molecular weight excluding hydrogens is 422 g/mol. The maximum absolute atomic E-state index is 12.3. The zero-order valence-electron chi connectivity index (χ0n) is 18.6. The smallest absolute Gasteiger partial charge is 0.337 e. The van der Waals surface area contributed by atoms with Gasteiger partial charge in [-0.25, -0.2) is 4.79 Å². The summed E-state index contributed by atoms with van der Waals surface area (Å²) in [4.78, 5) is 32.7. The van der Waals surface area contributed by atoms with Crippen molar-refractivity contribution in [3.8, 4) is 11.4 Å². The van der Waals surface area contributed by atoms with Gasteiger partial charge in [-0.15, -0.1) is 0 Å². The van der Waals surface area contributed by atoms with E-state index in [0.29, 0.717) is 36.9 Å². The van der Waals surface area contributed by atoms with Crippen LogP contribution in [0.5, 0.6) is 0 Å². The largest absolute Gasteiger partial charge is 0.465 e. The molecule has 0 spiro atoms. The van der Waals surface area contributed by atoms with Gasteiger partial charge in [0.25, 0.3) is 0 Å². The summed E-state index contributed by atoms with van der Waals surface area (Å²) in [5.74, 6) is 0.796. The highest BCUT2D eigenvalue weighted by Crippen LogP contribution is 2.16. The number of aromatic nitrogens is 2. The molecule has 9 nitrogen and oxygen atoms in total. The Balaban J connectivity index is 1.17. The van der Waals surface area contributed by atoms with E-state index in [0.717, 1.165) is 37.3 Å². The molecule has 2 heterocycles. The molecular formula is C24H27N5O4. The van der Waals surface area contributed by atoms with Crippen LogP contribution in [-0.2, 0) is 22.6 Å². The van der Waals surface area contributed by atoms with E-state index >= 15 is 0 Å². The summed E-state index contributed by atoms with van der Waals surface area (Å²) in [6.45, 7) is 4.61. The van der Waals surface area contributed by atoms with Crippen LogP contribution in [0.4, 0.5) is 0 Å². The number of nitrogens with one attached hydrogen (secondary N) is 1. The van der Waals surface area contributed by atoms with Gasteiger partial charge in [-0.3, -0.25) is 14.6 Å². The van der Waals surface area contributed by atoms with E-state index in [1.165, 1.54) is 7.11 Å². The third-order valence-corrected chi connectivity index (χ3v) is 5.56.